The summed E-state index contributed by atoms with van der Waals surface area (Å²) < 4.78 is 37.0. The molecule has 0 radical (unpaired) electrons. The minimum atomic E-state index is -4.30. The van der Waals surface area contributed by atoms with E-state index in [9.17, 15) is 18.0 Å². The maximum Gasteiger partial charge on any atom is 0.416 e. The van der Waals surface area contributed by atoms with E-state index in [2.05, 4.69) is 5.32 Å². The third-order valence-electron chi connectivity index (χ3n) is 2.79. The van der Waals surface area contributed by atoms with Crippen molar-refractivity contribution in [3.8, 4) is 0 Å². The first-order valence-corrected chi connectivity index (χ1v) is 5.60. The molecular weight excluding hydrogens is 243 g/mol. The SMILES string of the molecule is O=C1CC[C@H](/C=C/c2ccc(C(F)(F)F)cc2)N1. The fourth-order valence-corrected chi connectivity index (χ4v) is 1.79. The Balaban J connectivity index is 2.02. The van der Waals surface area contributed by atoms with Gasteiger partial charge in [0.05, 0.1) is 5.56 Å². The van der Waals surface area contributed by atoms with Gasteiger partial charge in [0.15, 0.2) is 0 Å². The Labute approximate surface area is 102 Å². The van der Waals surface area contributed by atoms with E-state index in [0.29, 0.717) is 12.0 Å². The van der Waals surface area contributed by atoms with Gasteiger partial charge in [-0.1, -0.05) is 24.3 Å². The Hall–Kier alpha value is -1.78. The number of halogens is 3. The van der Waals surface area contributed by atoms with Crippen molar-refractivity contribution in [3.63, 3.8) is 0 Å². The van der Waals surface area contributed by atoms with E-state index < -0.39 is 11.7 Å². The molecule has 0 unspecified atom stereocenters. The van der Waals surface area contributed by atoms with Crippen LogP contribution in [0, 0.1) is 0 Å². The van der Waals surface area contributed by atoms with Crippen LogP contribution in [0.3, 0.4) is 0 Å². The zero-order valence-corrected chi connectivity index (χ0v) is 9.50. The lowest BCUT2D eigenvalue weighted by Crippen LogP contribution is -2.22. The van der Waals surface area contributed by atoms with Crippen LogP contribution < -0.4 is 5.32 Å². The predicted octanol–water partition coefficient (Wildman–Crippen LogP) is 3.00. The fraction of sp³-hybridized carbons (Fsp3) is 0.308. The van der Waals surface area contributed by atoms with E-state index in [0.717, 1.165) is 18.6 Å². The zero-order chi connectivity index (χ0) is 13.2. The molecule has 96 valence electrons. The maximum absolute atomic E-state index is 12.3. The average molecular weight is 255 g/mol. The van der Waals surface area contributed by atoms with Gasteiger partial charge in [0.2, 0.25) is 5.91 Å². The van der Waals surface area contributed by atoms with Gasteiger partial charge in [-0.25, -0.2) is 0 Å². The number of nitrogens with one attached hydrogen (secondary N) is 1. The second kappa shape index (κ2) is 4.84. The molecule has 1 aliphatic heterocycles. The van der Waals surface area contributed by atoms with Crippen LogP contribution in [0.4, 0.5) is 13.2 Å². The van der Waals surface area contributed by atoms with Crippen LogP contribution in [0.1, 0.15) is 24.0 Å². The summed E-state index contributed by atoms with van der Waals surface area (Å²) in [5, 5.41) is 2.75. The minimum absolute atomic E-state index is 0.0112. The van der Waals surface area contributed by atoms with Crippen LogP contribution in [-0.4, -0.2) is 11.9 Å². The fourth-order valence-electron chi connectivity index (χ4n) is 1.79. The Kier molecular flexibility index (Phi) is 3.41. The molecule has 2 rings (SSSR count). The molecule has 1 atom stereocenters. The highest BCUT2D eigenvalue weighted by atomic mass is 19.4. The first-order chi connectivity index (χ1) is 8.45. The van der Waals surface area contributed by atoms with Gasteiger partial charge in [-0.3, -0.25) is 4.79 Å². The van der Waals surface area contributed by atoms with E-state index in [1.165, 1.54) is 12.1 Å². The molecule has 5 heteroatoms. The van der Waals surface area contributed by atoms with Gasteiger partial charge in [-0.05, 0) is 24.1 Å². The summed E-state index contributed by atoms with van der Waals surface area (Å²) in [7, 11) is 0. The standard InChI is InChI=1S/C13H12F3NO/c14-13(15,16)10-4-1-9(2-5-10)3-6-11-7-8-12(18)17-11/h1-6,11H,7-8H2,(H,17,18)/b6-3+/t11-/m0/s1. The molecule has 1 N–H and O–H groups in total. The van der Waals surface area contributed by atoms with Crippen LogP contribution in [0.25, 0.3) is 6.08 Å². The molecular formula is C13H12F3NO. The van der Waals surface area contributed by atoms with E-state index in [-0.39, 0.29) is 11.9 Å². The third kappa shape index (κ3) is 3.12. The number of carbonyl (C=O) groups is 1. The number of alkyl halides is 3. The molecule has 0 aliphatic carbocycles. The van der Waals surface area contributed by atoms with E-state index >= 15 is 0 Å². The van der Waals surface area contributed by atoms with Gasteiger partial charge in [0.25, 0.3) is 0 Å². The highest BCUT2D eigenvalue weighted by Gasteiger charge is 2.29. The van der Waals surface area contributed by atoms with Gasteiger partial charge in [0, 0.05) is 12.5 Å². The summed E-state index contributed by atoms with van der Waals surface area (Å²) in [6, 6.07) is 4.91. The van der Waals surface area contributed by atoms with Crippen molar-refractivity contribution in [2.75, 3.05) is 0 Å². The number of hydrogen-bond donors (Lipinski definition) is 1. The first kappa shape index (κ1) is 12.7. The van der Waals surface area contributed by atoms with Crippen molar-refractivity contribution in [2.24, 2.45) is 0 Å². The quantitative estimate of drug-likeness (QED) is 0.864. The third-order valence-corrected chi connectivity index (χ3v) is 2.79. The van der Waals surface area contributed by atoms with Gasteiger partial charge in [-0.15, -0.1) is 0 Å². The summed E-state index contributed by atoms with van der Waals surface area (Å²) >= 11 is 0. The molecule has 1 heterocycles. The number of carbonyl (C=O) groups excluding carboxylic acids is 1. The highest BCUT2D eigenvalue weighted by Crippen LogP contribution is 2.29. The molecule has 1 amide bonds. The predicted molar refractivity (Wildman–Crippen MR) is 61.6 cm³/mol. The van der Waals surface area contributed by atoms with Crippen molar-refractivity contribution in [2.45, 2.75) is 25.1 Å². The van der Waals surface area contributed by atoms with Crippen LogP contribution in [0.5, 0.6) is 0 Å². The van der Waals surface area contributed by atoms with Gasteiger partial charge in [0.1, 0.15) is 0 Å². The molecule has 1 aliphatic rings. The first-order valence-electron chi connectivity index (χ1n) is 5.60. The van der Waals surface area contributed by atoms with E-state index in [1.54, 1.807) is 12.2 Å². The smallest absolute Gasteiger partial charge is 0.350 e. The Morgan fingerprint density at radius 2 is 1.89 bits per heavy atom. The Morgan fingerprint density at radius 3 is 2.39 bits per heavy atom. The molecule has 1 aromatic rings. The number of amides is 1. The number of benzene rings is 1. The zero-order valence-electron chi connectivity index (χ0n) is 9.50. The lowest BCUT2D eigenvalue weighted by molar-refractivity contribution is -0.137. The van der Waals surface area contributed by atoms with Crippen LogP contribution in [0.15, 0.2) is 30.3 Å². The van der Waals surface area contributed by atoms with Crippen LogP contribution in [0.2, 0.25) is 0 Å². The van der Waals surface area contributed by atoms with Crippen molar-refractivity contribution < 1.29 is 18.0 Å². The number of hydrogen-bond acceptors (Lipinski definition) is 1. The van der Waals surface area contributed by atoms with Crippen molar-refractivity contribution in [3.05, 3.63) is 41.5 Å². The van der Waals surface area contributed by atoms with Gasteiger partial charge >= 0.3 is 6.18 Å². The molecule has 0 saturated carbocycles. The monoisotopic (exact) mass is 255 g/mol. The van der Waals surface area contributed by atoms with Crippen molar-refractivity contribution >= 4 is 12.0 Å². The van der Waals surface area contributed by atoms with Crippen molar-refractivity contribution in [1.82, 2.24) is 5.32 Å². The lowest BCUT2D eigenvalue weighted by Gasteiger charge is -2.06. The summed E-state index contributed by atoms with van der Waals surface area (Å²) in [6.45, 7) is 0. The van der Waals surface area contributed by atoms with Crippen molar-refractivity contribution in [1.29, 1.82) is 0 Å². The maximum atomic E-state index is 12.3. The Bertz CT molecular complexity index is 462. The topological polar surface area (TPSA) is 29.1 Å². The molecule has 0 aromatic heterocycles. The van der Waals surface area contributed by atoms with Gasteiger partial charge < -0.3 is 5.32 Å². The summed E-state index contributed by atoms with van der Waals surface area (Å²) in [5.74, 6) is 0.0112. The van der Waals surface area contributed by atoms with E-state index in [1.807, 2.05) is 0 Å². The minimum Gasteiger partial charge on any atom is -0.350 e. The Morgan fingerprint density at radius 1 is 1.22 bits per heavy atom. The van der Waals surface area contributed by atoms with Crippen LogP contribution >= 0.6 is 0 Å². The largest absolute Gasteiger partial charge is 0.416 e. The van der Waals surface area contributed by atoms with Crippen LogP contribution in [-0.2, 0) is 11.0 Å². The molecule has 0 bridgehead atoms. The molecule has 1 saturated heterocycles. The van der Waals surface area contributed by atoms with Gasteiger partial charge in [-0.2, -0.15) is 13.2 Å². The lowest BCUT2D eigenvalue weighted by atomic mass is 10.1. The summed E-state index contributed by atoms with van der Waals surface area (Å²) in [4.78, 5) is 10.9. The average Bonchev–Trinajstić information content (AvgIpc) is 2.72. The molecule has 18 heavy (non-hydrogen) atoms. The van der Waals surface area contributed by atoms with E-state index in [4.69, 9.17) is 0 Å². The summed E-state index contributed by atoms with van der Waals surface area (Å²) in [5.41, 5.74) is 0.0259. The normalized spacial score (nSPS) is 20.4. The highest BCUT2D eigenvalue weighted by molar-refractivity contribution is 5.79. The second-order valence-corrected chi connectivity index (χ2v) is 4.19. The molecule has 0 spiro atoms. The molecule has 1 fully saturated rings. The molecule has 2 nitrogen and oxygen atoms in total. The number of rotatable bonds is 2. The molecule has 1 aromatic carbocycles. The summed E-state index contributed by atoms with van der Waals surface area (Å²) in [6.07, 6.45) is 0.448. The second-order valence-electron chi connectivity index (χ2n) is 4.19.